The highest BCUT2D eigenvalue weighted by Gasteiger charge is 2.13. The van der Waals surface area contributed by atoms with E-state index in [-0.39, 0.29) is 0 Å². The lowest BCUT2D eigenvalue weighted by Crippen LogP contribution is -2.20. The van der Waals surface area contributed by atoms with Crippen LogP contribution in [0.4, 0.5) is 0 Å². The summed E-state index contributed by atoms with van der Waals surface area (Å²) in [4.78, 5) is 0. The van der Waals surface area contributed by atoms with Gasteiger partial charge in [-0.1, -0.05) is 30.3 Å². The minimum absolute atomic E-state index is 0.327. The highest BCUT2D eigenvalue weighted by molar-refractivity contribution is 9.10. The maximum atomic E-state index is 4.51. The summed E-state index contributed by atoms with van der Waals surface area (Å²) in [6, 6.07) is 10.8. The fraction of sp³-hybridized carbons (Fsp3) is 0.400. The first-order valence-corrected chi connectivity index (χ1v) is 7.43. The molecule has 0 aliphatic carbocycles. The molecule has 0 bridgehead atoms. The number of aromatic nitrogens is 2. The van der Waals surface area contributed by atoms with Gasteiger partial charge in [-0.25, -0.2) is 0 Å². The van der Waals surface area contributed by atoms with Crippen molar-refractivity contribution in [2.75, 3.05) is 0 Å². The first-order valence-electron chi connectivity index (χ1n) is 6.63. The summed E-state index contributed by atoms with van der Waals surface area (Å²) in [5.41, 5.74) is 3.56. The zero-order valence-electron chi connectivity index (χ0n) is 11.7. The second-order valence-corrected chi connectivity index (χ2v) is 5.47. The van der Waals surface area contributed by atoms with Crippen LogP contribution in [0.25, 0.3) is 0 Å². The number of hydrogen-bond donors (Lipinski definition) is 1. The predicted octanol–water partition coefficient (Wildman–Crippen LogP) is 3.82. The van der Waals surface area contributed by atoms with Crippen LogP contribution in [0, 0.1) is 6.92 Å². The van der Waals surface area contributed by atoms with Crippen LogP contribution in [0.5, 0.6) is 0 Å². The minimum Gasteiger partial charge on any atom is -0.305 e. The molecule has 0 aliphatic rings. The SMILES string of the molecule is CCn1nc(C)c(Br)c1CNC(C)c1ccccc1. The maximum Gasteiger partial charge on any atom is 0.0739 e. The lowest BCUT2D eigenvalue weighted by molar-refractivity contribution is 0.530. The molecule has 0 saturated heterocycles. The van der Waals surface area contributed by atoms with Crippen molar-refractivity contribution in [3.05, 3.63) is 51.8 Å². The van der Waals surface area contributed by atoms with Crippen molar-refractivity contribution >= 4 is 15.9 Å². The molecule has 102 valence electrons. The molecule has 1 aromatic heterocycles. The number of hydrogen-bond acceptors (Lipinski definition) is 2. The van der Waals surface area contributed by atoms with Crippen molar-refractivity contribution in [2.45, 2.75) is 39.9 Å². The molecule has 2 aromatic rings. The summed E-state index contributed by atoms with van der Waals surface area (Å²) in [7, 11) is 0. The average Bonchev–Trinajstić information content (AvgIpc) is 2.72. The number of nitrogens with one attached hydrogen (secondary N) is 1. The number of aryl methyl sites for hydroxylation is 2. The van der Waals surface area contributed by atoms with Gasteiger partial charge in [0, 0.05) is 19.1 Å². The zero-order chi connectivity index (χ0) is 13.8. The molecule has 0 aliphatic heterocycles. The van der Waals surface area contributed by atoms with Crippen LogP contribution in [-0.4, -0.2) is 9.78 Å². The Balaban J connectivity index is 2.07. The van der Waals surface area contributed by atoms with Crippen LogP contribution < -0.4 is 5.32 Å². The molecule has 0 amide bonds. The number of benzene rings is 1. The quantitative estimate of drug-likeness (QED) is 0.907. The van der Waals surface area contributed by atoms with Gasteiger partial charge < -0.3 is 5.32 Å². The number of rotatable bonds is 5. The molecule has 4 heteroatoms. The van der Waals surface area contributed by atoms with E-state index in [1.165, 1.54) is 11.3 Å². The Morgan fingerprint density at radius 1 is 1.32 bits per heavy atom. The van der Waals surface area contributed by atoms with Crippen LogP contribution in [0.3, 0.4) is 0 Å². The molecule has 3 nitrogen and oxygen atoms in total. The largest absolute Gasteiger partial charge is 0.305 e. The fourth-order valence-corrected chi connectivity index (χ4v) is 2.57. The fourth-order valence-electron chi connectivity index (χ4n) is 2.15. The highest BCUT2D eigenvalue weighted by Crippen LogP contribution is 2.22. The molecule has 1 heterocycles. The maximum absolute atomic E-state index is 4.51. The van der Waals surface area contributed by atoms with Gasteiger partial charge in [0.25, 0.3) is 0 Å². The third kappa shape index (κ3) is 3.25. The van der Waals surface area contributed by atoms with Crippen LogP contribution in [0.2, 0.25) is 0 Å². The molecule has 19 heavy (non-hydrogen) atoms. The first-order chi connectivity index (χ1) is 9.13. The van der Waals surface area contributed by atoms with E-state index in [1.807, 2.05) is 17.7 Å². The van der Waals surface area contributed by atoms with Gasteiger partial charge in [-0.3, -0.25) is 4.68 Å². The van der Waals surface area contributed by atoms with Gasteiger partial charge >= 0.3 is 0 Å². The summed E-state index contributed by atoms with van der Waals surface area (Å²) in [6.07, 6.45) is 0. The number of halogens is 1. The van der Waals surface area contributed by atoms with Crippen LogP contribution >= 0.6 is 15.9 Å². The Labute approximate surface area is 123 Å². The van der Waals surface area contributed by atoms with E-state index in [0.717, 1.165) is 23.3 Å². The third-order valence-electron chi connectivity index (χ3n) is 3.33. The highest BCUT2D eigenvalue weighted by atomic mass is 79.9. The van der Waals surface area contributed by atoms with E-state index in [9.17, 15) is 0 Å². The van der Waals surface area contributed by atoms with Gasteiger partial charge in [0.2, 0.25) is 0 Å². The summed E-state index contributed by atoms with van der Waals surface area (Å²) in [5, 5.41) is 8.06. The molecule has 1 atom stereocenters. The van der Waals surface area contributed by atoms with Crippen molar-refractivity contribution in [3.63, 3.8) is 0 Å². The van der Waals surface area contributed by atoms with E-state index in [2.05, 4.69) is 64.5 Å². The van der Waals surface area contributed by atoms with Gasteiger partial charge in [0.1, 0.15) is 0 Å². The molecule has 0 saturated carbocycles. The Morgan fingerprint density at radius 3 is 2.63 bits per heavy atom. The normalized spacial score (nSPS) is 12.6. The summed E-state index contributed by atoms with van der Waals surface area (Å²) in [5.74, 6) is 0. The Bertz CT molecular complexity index is 534. The lowest BCUT2D eigenvalue weighted by Gasteiger charge is -2.15. The van der Waals surface area contributed by atoms with Gasteiger partial charge in [0.15, 0.2) is 0 Å². The Hall–Kier alpha value is -1.13. The number of nitrogens with zero attached hydrogens (tertiary/aromatic N) is 2. The van der Waals surface area contributed by atoms with Crippen LogP contribution in [0.15, 0.2) is 34.8 Å². The molecule has 2 rings (SSSR count). The van der Waals surface area contributed by atoms with E-state index >= 15 is 0 Å². The lowest BCUT2D eigenvalue weighted by atomic mass is 10.1. The Kier molecular flexibility index (Phi) is 4.77. The monoisotopic (exact) mass is 321 g/mol. The van der Waals surface area contributed by atoms with Gasteiger partial charge in [-0.2, -0.15) is 5.10 Å². The molecule has 1 N–H and O–H groups in total. The van der Waals surface area contributed by atoms with Crippen molar-refractivity contribution < 1.29 is 0 Å². The molecule has 1 aromatic carbocycles. The van der Waals surface area contributed by atoms with Crippen molar-refractivity contribution in [1.29, 1.82) is 0 Å². The third-order valence-corrected chi connectivity index (χ3v) is 4.36. The molecular formula is C15H20BrN3. The van der Waals surface area contributed by atoms with Gasteiger partial charge in [-0.05, 0) is 42.3 Å². The van der Waals surface area contributed by atoms with Gasteiger partial charge in [0.05, 0.1) is 15.9 Å². The second-order valence-electron chi connectivity index (χ2n) is 4.68. The van der Waals surface area contributed by atoms with E-state index in [0.29, 0.717) is 6.04 Å². The van der Waals surface area contributed by atoms with Gasteiger partial charge in [-0.15, -0.1) is 0 Å². The predicted molar refractivity (Wildman–Crippen MR) is 82.0 cm³/mol. The summed E-state index contributed by atoms with van der Waals surface area (Å²) >= 11 is 3.62. The molecule has 0 spiro atoms. The second kappa shape index (κ2) is 6.35. The van der Waals surface area contributed by atoms with Crippen LogP contribution in [-0.2, 0) is 13.1 Å². The van der Waals surface area contributed by atoms with Crippen molar-refractivity contribution in [2.24, 2.45) is 0 Å². The topological polar surface area (TPSA) is 29.9 Å². The molecule has 0 radical (unpaired) electrons. The summed E-state index contributed by atoms with van der Waals surface area (Å²) < 4.78 is 3.16. The first kappa shape index (κ1) is 14.3. The Morgan fingerprint density at radius 2 is 2.00 bits per heavy atom. The zero-order valence-corrected chi connectivity index (χ0v) is 13.2. The standard InChI is InChI=1S/C15H20BrN3/c1-4-19-14(15(16)12(3)18-19)10-17-11(2)13-8-6-5-7-9-13/h5-9,11,17H,4,10H2,1-3H3. The van der Waals surface area contributed by atoms with Crippen molar-refractivity contribution in [1.82, 2.24) is 15.1 Å². The van der Waals surface area contributed by atoms with Crippen molar-refractivity contribution in [3.8, 4) is 0 Å². The smallest absolute Gasteiger partial charge is 0.0739 e. The van der Waals surface area contributed by atoms with E-state index in [4.69, 9.17) is 0 Å². The molecular weight excluding hydrogens is 302 g/mol. The van der Waals surface area contributed by atoms with E-state index in [1.54, 1.807) is 0 Å². The van der Waals surface area contributed by atoms with E-state index < -0.39 is 0 Å². The minimum atomic E-state index is 0.327. The van der Waals surface area contributed by atoms with Crippen LogP contribution in [0.1, 0.15) is 36.8 Å². The molecule has 0 fully saturated rings. The summed E-state index contributed by atoms with van der Waals surface area (Å²) in [6.45, 7) is 8.03. The molecule has 1 unspecified atom stereocenters. The average molecular weight is 322 g/mol.